The van der Waals surface area contributed by atoms with Gasteiger partial charge in [0.05, 0.1) is 17.6 Å². The van der Waals surface area contributed by atoms with Gasteiger partial charge in [0.15, 0.2) is 0 Å². The van der Waals surface area contributed by atoms with Crippen LogP contribution in [-0.4, -0.2) is 69.5 Å². The molecule has 0 spiro atoms. The minimum Gasteiger partial charge on any atom is -0.465 e. The zero-order valence-corrected chi connectivity index (χ0v) is 23.5. The van der Waals surface area contributed by atoms with Gasteiger partial charge in [0.25, 0.3) is 0 Å². The van der Waals surface area contributed by atoms with Crippen molar-refractivity contribution in [3.05, 3.63) is 77.6 Å². The molecule has 1 aliphatic heterocycles. The molecule has 2 heterocycles. The minimum absolute atomic E-state index is 0.0367. The van der Waals surface area contributed by atoms with Crippen molar-refractivity contribution in [1.82, 2.24) is 19.8 Å². The maximum absolute atomic E-state index is 13.5. The Balaban J connectivity index is 1.32. The van der Waals surface area contributed by atoms with Crippen molar-refractivity contribution in [3.63, 3.8) is 0 Å². The average molecular weight is 559 g/mol. The molecule has 0 radical (unpaired) electrons. The quantitative estimate of drug-likeness (QED) is 0.230. The van der Waals surface area contributed by atoms with Crippen molar-refractivity contribution in [2.75, 3.05) is 26.8 Å². The van der Waals surface area contributed by atoms with Crippen molar-refractivity contribution in [1.29, 1.82) is 0 Å². The number of aromatic nitrogens is 2. The Labute approximate surface area is 239 Å². The number of fused-ring (bicyclic) bond motifs is 2. The number of nitrogens with one attached hydrogen (secondary N) is 1. The highest BCUT2D eigenvalue weighted by molar-refractivity contribution is 5.83. The Bertz CT molecular complexity index is 1520. The van der Waals surface area contributed by atoms with Crippen LogP contribution in [0.2, 0.25) is 0 Å². The number of benzene rings is 3. The van der Waals surface area contributed by atoms with E-state index in [1.54, 1.807) is 7.11 Å². The smallest absolute Gasteiger partial charge is 0.404 e. The highest BCUT2D eigenvalue weighted by Crippen LogP contribution is 2.31. The summed E-state index contributed by atoms with van der Waals surface area (Å²) in [4.78, 5) is 32.0. The third-order valence-corrected chi connectivity index (χ3v) is 7.94. The summed E-state index contributed by atoms with van der Waals surface area (Å²) < 4.78 is 7.49. The van der Waals surface area contributed by atoms with Crippen molar-refractivity contribution in [2.24, 2.45) is 0 Å². The van der Waals surface area contributed by atoms with Gasteiger partial charge < -0.3 is 29.7 Å². The van der Waals surface area contributed by atoms with E-state index >= 15 is 0 Å². The molecule has 1 aromatic heterocycles. The molecule has 1 unspecified atom stereocenters. The maximum Gasteiger partial charge on any atom is 0.404 e. The molecule has 1 fully saturated rings. The molecular formula is C32H38N4O5. The predicted octanol–water partition coefficient (Wildman–Crippen LogP) is 4.69. The number of methoxy groups -OCH3 is 1. The van der Waals surface area contributed by atoms with Gasteiger partial charge in [-0.3, -0.25) is 4.79 Å². The first-order chi connectivity index (χ1) is 19.9. The summed E-state index contributed by atoms with van der Waals surface area (Å²) in [5, 5.41) is 24.0. The van der Waals surface area contributed by atoms with E-state index in [4.69, 9.17) is 9.72 Å². The molecule has 1 aliphatic rings. The van der Waals surface area contributed by atoms with Gasteiger partial charge in [-0.05, 0) is 59.7 Å². The van der Waals surface area contributed by atoms with Gasteiger partial charge in [0.1, 0.15) is 5.82 Å². The first-order valence-electron chi connectivity index (χ1n) is 14.3. The minimum atomic E-state index is -1.13. The fourth-order valence-electron chi connectivity index (χ4n) is 5.95. The van der Waals surface area contributed by atoms with Crippen LogP contribution in [0.25, 0.3) is 21.8 Å². The Kier molecular flexibility index (Phi) is 9.16. The maximum atomic E-state index is 13.5. The van der Waals surface area contributed by atoms with Crippen molar-refractivity contribution in [3.8, 4) is 0 Å². The number of piperidine rings is 1. The van der Waals surface area contributed by atoms with Crippen LogP contribution >= 0.6 is 0 Å². The molecule has 4 aromatic rings. The van der Waals surface area contributed by atoms with Gasteiger partial charge in [0.2, 0.25) is 5.91 Å². The Morgan fingerprint density at radius 3 is 2.68 bits per heavy atom. The Hall–Kier alpha value is -3.95. The summed E-state index contributed by atoms with van der Waals surface area (Å²) in [6.45, 7) is 2.50. The summed E-state index contributed by atoms with van der Waals surface area (Å²) in [6.07, 6.45) is 1.98. The van der Waals surface area contributed by atoms with Gasteiger partial charge in [0, 0.05) is 51.7 Å². The molecule has 0 bridgehead atoms. The third-order valence-electron chi connectivity index (χ3n) is 7.94. The van der Waals surface area contributed by atoms with Crippen molar-refractivity contribution < 1.29 is 24.5 Å². The first kappa shape index (κ1) is 28.6. The molecule has 216 valence electrons. The van der Waals surface area contributed by atoms with Crippen LogP contribution in [0.1, 0.15) is 48.6 Å². The number of nitrogens with zero attached hydrogens (tertiary/aromatic N) is 3. The predicted molar refractivity (Wildman–Crippen MR) is 158 cm³/mol. The molecule has 0 saturated carbocycles. The van der Waals surface area contributed by atoms with E-state index in [1.165, 1.54) is 0 Å². The lowest BCUT2D eigenvalue weighted by atomic mass is 9.95. The van der Waals surface area contributed by atoms with E-state index in [1.807, 2.05) is 59.5 Å². The molecule has 3 N–H and O–H groups in total. The number of amides is 2. The summed E-state index contributed by atoms with van der Waals surface area (Å²) in [7, 11) is 1.69. The van der Waals surface area contributed by atoms with Crippen molar-refractivity contribution in [2.45, 2.75) is 57.2 Å². The lowest BCUT2D eigenvalue weighted by molar-refractivity contribution is -0.132. The lowest BCUT2D eigenvalue weighted by Crippen LogP contribution is -2.44. The number of carboxylic acid groups (broad SMARTS) is 1. The zero-order valence-electron chi connectivity index (χ0n) is 23.5. The topological polar surface area (TPSA) is 117 Å². The number of aliphatic hydroxyl groups excluding tert-OH is 1. The number of hydrogen-bond acceptors (Lipinski definition) is 5. The number of ether oxygens (including phenoxy) is 1. The van der Waals surface area contributed by atoms with E-state index in [9.17, 15) is 19.8 Å². The number of likely N-dealkylation sites (tertiary alicyclic amines) is 1. The van der Waals surface area contributed by atoms with Gasteiger partial charge in [-0.1, -0.05) is 48.5 Å². The van der Waals surface area contributed by atoms with Gasteiger partial charge >= 0.3 is 6.09 Å². The standard InChI is InChI=1S/C32H38N4O5/c1-41-15-5-14-36-29-18-23(21-37)10-12-28(29)34-31(36)26-8-4-13-35(20-26)30(38)19-27(33-32(39)40)17-22-9-11-24-6-2-3-7-25(24)16-22/h2-3,6-7,9-12,16,18,26-27,33,37H,4-5,8,13-15,17,19-21H2,1H3,(H,39,40)/t26?,27-/m1/s1. The molecule has 1 saturated heterocycles. The highest BCUT2D eigenvalue weighted by Gasteiger charge is 2.30. The fourth-order valence-corrected chi connectivity index (χ4v) is 5.95. The highest BCUT2D eigenvalue weighted by atomic mass is 16.5. The number of carbonyl (C=O) groups is 2. The second-order valence-electron chi connectivity index (χ2n) is 10.9. The molecule has 9 heteroatoms. The zero-order chi connectivity index (χ0) is 28.8. The van der Waals surface area contributed by atoms with Crippen LogP contribution in [0, 0.1) is 0 Å². The second-order valence-corrected chi connectivity index (χ2v) is 10.9. The van der Waals surface area contributed by atoms with E-state index in [2.05, 4.69) is 16.0 Å². The number of carbonyl (C=O) groups excluding carboxylic acids is 1. The molecule has 9 nitrogen and oxygen atoms in total. The van der Waals surface area contributed by atoms with E-state index in [0.717, 1.165) is 64.6 Å². The lowest BCUT2D eigenvalue weighted by Gasteiger charge is -2.33. The number of aryl methyl sites for hydroxylation is 1. The van der Waals surface area contributed by atoms with Crippen molar-refractivity contribution >= 4 is 33.8 Å². The molecule has 2 atom stereocenters. The summed E-state index contributed by atoms with van der Waals surface area (Å²) in [6, 6.07) is 19.4. The van der Waals surface area contributed by atoms with E-state index < -0.39 is 12.1 Å². The normalized spacial score (nSPS) is 16.2. The number of rotatable bonds is 11. The second kappa shape index (κ2) is 13.1. The Morgan fingerprint density at radius 2 is 1.90 bits per heavy atom. The third kappa shape index (κ3) is 6.86. The number of aliphatic hydroxyl groups is 1. The molecule has 5 rings (SSSR count). The Morgan fingerprint density at radius 1 is 1.10 bits per heavy atom. The summed E-state index contributed by atoms with van der Waals surface area (Å²) in [5.41, 5.74) is 3.67. The average Bonchev–Trinajstić information content (AvgIpc) is 3.34. The number of imidazole rings is 1. The van der Waals surface area contributed by atoms with Crippen LogP contribution in [0.4, 0.5) is 4.79 Å². The van der Waals surface area contributed by atoms with Gasteiger partial charge in [-0.15, -0.1) is 0 Å². The van der Waals surface area contributed by atoms with E-state index in [0.29, 0.717) is 26.1 Å². The van der Waals surface area contributed by atoms with Crippen LogP contribution in [-0.2, 0) is 29.1 Å². The fraction of sp³-hybridized carbons (Fsp3) is 0.406. The number of hydrogen-bond donors (Lipinski definition) is 3. The molecule has 2 amide bonds. The van der Waals surface area contributed by atoms with Gasteiger partial charge in [-0.25, -0.2) is 9.78 Å². The molecule has 41 heavy (non-hydrogen) atoms. The van der Waals surface area contributed by atoms with Crippen LogP contribution < -0.4 is 5.32 Å². The van der Waals surface area contributed by atoms with Crippen LogP contribution in [0.5, 0.6) is 0 Å². The molecular weight excluding hydrogens is 520 g/mol. The SMILES string of the molecule is COCCCn1c(C2CCCN(C(=O)C[C@@H](Cc3ccc4ccccc4c3)NC(=O)O)C2)nc2ccc(CO)cc21. The monoisotopic (exact) mass is 558 g/mol. The van der Waals surface area contributed by atoms with E-state index in [-0.39, 0.29) is 24.9 Å². The first-order valence-corrected chi connectivity index (χ1v) is 14.3. The summed E-state index contributed by atoms with van der Waals surface area (Å²) in [5.74, 6) is 0.950. The molecule has 0 aliphatic carbocycles. The van der Waals surface area contributed by atoms with Gasteiger partial charge in [-0.2, -0.15) is 0 Å². The summed E-state index contributed by atoms with van der Waals surface area (Å²) >= 11 is 0. The van der Waals surface area contributed by atoms with Crippen LogP contribution in [0.3, 0.4) is 0 Å². The molecule has 3 aromatic carbocycles. The van der Waals surface area contributed by atoms with Crippen LogP contribution in [0.15, 0.2) is 60.7 Å². The largest absolute Gasteiger partial charge is 0.465 e.